The molecular weight excluding hydrogens is 267 g/mol. The third-order valence-corrected chi connectivity index (χ3v) is 5.01. The number of rotatable bonds is 2. The maximum Gasteiger partial charge on any atom is 0.254 e. The molecule has 114 valence electrons. The highest BCUT2D eigenvalue weighted by Gasteiger charge is 2.38. The van der Waals surface area contributed by atoms with Gasteiger partial charge in [-0.15, -0.1) is 0 Å². The lowest BCUT2D eigenvalue weighted by Gasteiger charge is -2.33. The van der Waals surface area contributed by atoms with Crippen molar-refractivity contribution in [3.05, 3.63) is 35.1 Å². The minimum Gasteiger partial charge on any atom is -0.334 e. The van der Waals surface area contributed by atoms with Crippen molar-refractivity contribution < 1.29 is 9.18 Å². The Kier molecular flexibility index (Phi) is 3.98. The first-order chi connectivity index (χ1) is 10.1. The van der Waals surface area contributed by atoms with Crippen LogP contribution in [0, 0.1) is 12.7 Å². The van der Waals surface area contributed by atoms with Crippen LogP contribution in [0.4, 0.5) is 4.39 Å². The quantitative estimate of drug-likeness (QED) is 0.836. The molecule has 0 aromatic heterocycles. The van der Waals surface area contributed by atoms with E-state index in [-0.39, 0.29) is 17.8 Å². The van der Waals surface area contributed by atoms with Gasteiger partial charge in [0.25, 0.3) is 5.91 Å². The van der Waals surface area contributed by atoms with Crippen LogP contribution in [0.2, 0.25) is 0 Å². The highest BCUT2D eigenvalue weighted by molar-refractivity contribution is 5.96. The van der Waals surface area contributed by atoms with Crippen molar-refractivity contribution in [2.24, 2.45) is 0 Å². The number of aryl methyl sites for hydroxylation is 1. The maximum absolute atomic E-state index is 13.5. The summed E-state index contributed by atoms with van der Waals surface area (Å²) in [6.07, 6.45) is 4.48. The zero-order valence-electron chi connectivity index (χ0n) is 12.8. The zero-order chi connectivity index (χ0) is 15.0. The summed E-state index contributed by atoms with van der Waals surface area (Å²) in [6, 6.07) is 5.23. The van der Waals surface area contributed by atoms with Gasteiger partial charge in [0, 0.05) is 24.2 Å². The van der Waals surface area contributed by atoms with Gasteiger partial charge in [-0.25, -0.2) is 4.39 Å². The van der Waals surface area contributed by atoms with Gasteiger partial charge in [0.15, 0.2) is 0 Å². The van der Waals surface area contributed by atoms with Crippen LogP contribution in [-0.4, -0.2) is 47.9 Å². The fraction of sp³-hybridized carbons (Fsp3) is 0.588. The van der Waals surface area contributed by atoms with Crippen molar-refractivity contribution in [3.63, 3.8) is 0 Å². The Morgan fingerprint density at radius 3 is 2.62 bits per heavy atom. The van der Waals surface area contributed by atoms with Gasteiger partial charge in [0.1, 0.15) is 5.82 Å². The van der Waals surface area contributed by atoms with Crippen LogP contribution < -0.4 is 0 Å². The zero-order valence-corrected chi connectivity index (χ0v) is 12.8. The minimum atomic E-state index is -0.335. The molecule has 21 heavy (non-hydrogen) atoms. The molecule has 0 spiro atoms. The molecule has 2 heterocycles. The van der Waals surface area contributed by atoms with Crippen molar-refractivity contribution >= 4 is 5.91 Å². The number of nitrogens with zero attached hydrogens (tertiary/aromatic N) is 2. The van der Waals surface area contributed by atoms with Crippen LogP contribution in [-0.2, 0) is 0 Å². The molecule has 2 saturated heterocycles. The molecule has 1 aromatic rings. The maximum atomic E-state index is 13.5. The first kappa shape index (κ1) is 14.5. The highest BCUT2D eigenvalue weighted by atomic mass is 19.1. The Morgan fingerprint density at radius 1 is 1.19 bits per heavy atom. The van der Waals surface area contributed by atoms with E-state index < -0.39 is 0 Å². The van der Waals surface area contributed by atoms with Gasteiger partial charge in [-0.2, -0.15) is 0 Å². The molecule has 0 bridgehead atoms. The van der Waals surface area contributed by atoms with E-state index in [9.17, 15) is 9.18 Å². The monoisotopic (exact) mass is 290 g/mol. The molecular formula is C17H23FN2O. The van der Waals surface area contributed by atoms with Gasteiger partial charge >= 0.3 is 0 Å². The smallest absolute Gasteiger partial charge is 0.254 e. The average Bonchev–Trinajstić information content (AvgIpc) is 3.08. The lowest BCUT2D eigenvalue weighted by Crippen LogP contribution is -2.47. The molecule has 0 saturated carbocycles. The van der Waals surface area contributed by atoms with Crippen molar-refractivity contribution in [3.8, 4) is 0 Å². The second-order valence-corrected chi connectivity index (χ2v) is 6.36. The van der Waals surface area contributed by atoms with Crippen LogP contribution in [0.25, 0.3) is 0 Å². The summed E-state index contributed by atoms with van der Waals surface area (Å²) < 4.78 is 13.5. The summed E-state index contributed by atoms with van der Waals surface area (Å²) in [4.78, 5) is 17.2. The average molecular weight is 290 g/mol. The van der Waals surface area contributed by atoms with Crippen molar-refractivity contribution in [1.29, 1.82) is 0 Å². The van der Waals surface area contributed by atoms with Crippen LogP contribution in [0.5, 0.6) is 0 Å². The molecule has 2 aliphatic rings. The van der Waals surface area contributed by atoms with Gasteiger partial charge < -0.3 is 9.80 Å². The van der Waals surface area contributed by atoms with E-state index in [1.165, 1.54) is 18.6 Å². The minimum absolute atomic E-state index is 0.00481. The van der Waals surface area contributed by atoms with E-state index in [4.69, 9.17) is 0 Å². The standard InChI is InChI=1S/C17H23FN2O/c1-12-7-8-13(18)11-14(12)17(21)20-10-4-6-16(20)15-5-3-9-19(15)2/h7-8,11,15-16H,3-6,9-10H2,1-2H3/t15-,16-/m0/s1. The number of amides is 1. The fourth-order valence-electron chi connectivity index (χ4n) is 3.85. The molecule has 0 N–H and O–H groups in total. The van der Waals surface area contributed by atoms with Gasteiger partial charge in [0.2, 0.25) is 0 Å². The first-order valence-corrected chi connectivity index (χ1v) is 7.85. The normalized spacial score (nSPS) is 26.5. The molecule has 3 rings (SSSR count). The largest absolute Gasteiger partial charge is 0.334 e. The Bertz CT molecular complexity index is 546. The van der Waals surface area contributed by atoms with Gasteiger partial charge in [-0.3, -0.25) is 4.79 Å². The van der Waals surface area contributed by atoms with Crippen LogP contribution in [0.3, 0.4) is 0 Å². The van der Waals surface area contributed by atoms with Gasteiger partial charge in [0.05, 0.1) is 0 Å². The molecule has 3 nitrogen and oxygen atoms in total. The number of halogens is 1. The van der Waals surface area contributed by atoms with Crippen LogP contribution >= 0.6 is 0 Å². The second kappa shape index (κ2) is 5.76. The Morgan fingerprint density at radius 2 is 1.90 bits per heavy atom. The van der Waals surface area contributed by atoms with E-state index in [0.29, 0.717) is 11.6 Å². The van der Waals surface area contributed by atoms with E-state index in [0.717, 1.165) is 37.9 Å². The highest BCUT2D eigenvalue weighted by Crippen LogP contribution is 2.30. The lowest BCUT2D eigenvalue weighted by atomic mass is 10.0. The Hall–Kier alpha value is -1.42. The van der Waals surface area contributed by atoms with Gasteiger partial charge in [-0.1, -0.05) is 6.07 Å². The second-order valence-electron chi connectivity index (χ2n) is 6.36. The van der Waals surface area contributed by atoms with E-state index in [1.54, 1.807) is 6.07 Å². The molecule has 2 fully saturated rings. The SMILES string of the molecule is Cc1ccc(F)cc1C(=O)N1CCC[C@H]1[C@@H]1CCCN1C. The molecule has 0 radical (unpaired) electrons. The van der Waals surface area contributed by atoms with E-state index in [2.05, 4.69) is 11.9 Å². The van der Waals surface area contributed by atoms with Gasteiger partial charge in [-0.05, 0) is 63.9 Å². The molecule has 4 heteroatoms. The molecule has 0 aliphatic carbocycles. The fourth-order valence-corrected chi connectivity index (χ4v) is 3.85. The topological polar surface area (TPSA) is 23.6 Å². The van der Waals surface area contributed by atoms with Crippen molar-refractivity contribution in [2.45, 2.75) is 44.7 Å². The number of benzene rings is 1. The van der Waals surface area contributed by atoms with Crippen LogP contribution in [0.15, 0.2) is 18.2 Å². The number of carbonyl (C=O) groups is 1. The molecule has 2 atom stereocenters. The molecule has 2 aliphatic heterocycles. The number of likely N-dealkylation sites (N-methyl/N-ethyl adjacent to an activating group) is 1. The molecule has 1 amide bonds. The predicted octanol–water partition coefficient (Wildman–Crippen LogP) is 2.83. The number of hydrogen-bond acceptors (Lipinski definition) is 2. The Labute approximate surface area is 125 Å². The number of hydrogen-bond donors (Lipinski definition) is 0. The number of likely N-dealkylation sites (tertiary alicyclic amines) is 2. The van der Waals surface area contributed by atoms with Crippen LogP contribution in [0.1, 0.15) is 41.6 Å². The summed E-state index contributed by atoms with van der Waals surface area (Å²) in [5, 5.41) is 0. The van der Waals surface area contributed by atoms with Crippen molar-refractivity contribution in [2.75, 3.05) is 20.1 Å². The van der Waals surface area contributed by atoms with E-state index in [1.807, 2.05) is 11.8 Å². The Balaban J connectivity index is 1.84. The van der Waals surface area contributed by atoms with Crippen molar-refractivity contribution in [1.82, 2.24) is 9.80 Å². The molecule has 1 aromatic carbocycles. The van der Waals surface area contributed by atoms with E-state index >= 15 is 0 Å². The lowest BCUT2D eigenvalue weighted by molar-refractivity contribution is 0.0663. The number of carbonyl (C=O) groups excluding carboxylic acids is 1. The first-order valence-electron chi connectivity index (χ1n) is 7.85. The summed E-state index contributed by atoms with van der Waals surface area (Å²) in [5.74, 6) is -0.340. The predicted molar refractivity (Wildman–Crippen MR) is 80.8 cm³/mol. The molecule has 0 unspecified atom stereocenters. The summed E-state index contributed by atoms with van der Waals surface area (Å²) in [6.45, 7) is 3.78. The third kappa shape index (κ3) is 2.69. The third-order valence-electron chi connectivity index (χ3n) is 5.01. The summed E-state index contributed by atoms with van der Waals surface area (Å²) >= 11 is 0. The summed E-state index contributed by atoms with van der Waals surface area (Å²) in [5.41, 5.74) is 1.37. The summed E-state index contributed by atoms with van der Waals surface area (Å²) in [7, 11) is 2.14.